The number of hydrogen-bond acceptors (Lipinski definition) is 5. The number of nitrogens with zero attached hydrogens (tertiary/aromatic N) is 2. The Kier molecular flexibility index (Phi) is 4.19. The first-order valence-corrected chi connectivity index (χ1v) is 10.5. The summed E-state index contributed by atoms with van der Waals surface area (Å²) in [6.07, 6.45) is 2.98. The summed E-state index contributed by atoms with van der Waals surface area (Å²) in [5.41, 5.74) is 4.38. The number of thiophene rings is 1. The van der Waals surface area contributed by atoms with Gasteiger partial charge >= 0.3 is 0 Å². The van der Waals surface area contributed by atoms with E-state index in [1.165, 1.54) is 16.0 Å². The molecule has 4 nitrogen and oxygen atoms in total. The predicted molar refractivity (Wildman–Crippen MR) is 110 cm³/mol. The van der Waals surface area contributed by atoms with Gasteiger partial charge in [-0.1, -0.05) is 12.1 Å². The molecule has 0 radical (unpaired) electrons. The topological polar surface area (TPSA) is 45.6 Å². The van der Waals surface area contributed by atoms with Crippen LogP contribution in [-0.4, -0.2) is 29.8 Å². The van der Waals surface area contributed by atoms with Crippen LogP contribution in [0.15, 0.2) is 35.7 Å². The lowest BCUT2D eigenvalue weighted by Crippen LogP contribution is -2.46. The molecule has 5 heteroatoms. The first-order chi connectivity index (χ1) is 13.2. The molecule has 0 unspecified atom stereocenters. The number of aliphatic hydroxyl groups excluding tert-OH is 1. The van der Waals surface area contributed by atoms with E-state index in [9.17, 15) is 5.11 Å². The van der Waals surface area contributed by atoms with Crippen molar-refractivity contribution >= 4 is 28.1 Å². The van der Waals surface area contributed by atoms with E-state index in [1.54, 1.807) is 0 Å². The molecule has 140 valence electrons. The van der Waals surface area contributed by atoms with Crippen LogP contribution in [0.2, 0.25) is 0 Å². The molecule has 0 aliphatic carbocycles. The van der Waals surface area contributed by atoms with E-state index in [4.69, 9.17) is 9.72 Å². The fraction of sp³-hybridized carbons (Fsp3) is 0.409. The maximum atomic E-state index is 9.92. The van der Waals surface area contributed by atoms with E-state index in [0.717, 1.165) is 61.2 Å². The number of aromatic nitrogens is 1. The van der Waals surface area contributed by atoms with Crippen LogP contribution in [0.25, 0.3) is 10.9 Å². The number of aryl methyl sites for hydroxylation is 1. The zero-order valence-electron chi connectivity index (χ0n) is 15.6. The van der Waals surface area contributed by atoms with Gasteiger partial charge in [0, 0.05) is 35.3 Å². The number of anilines is 1. The molecule has 1 fully saturated rings. The Morgan fingerprint density at radius 1 is 1.22 bits per heavy atom. The van der Waals surface area contributed by atoms with Crippen LogP contribution in [0.5, 0.6) is 0 Å². The van der Waals surface area contributed by atoms with Crippen molar-refractivity contribution in [1.82, 2.24) is 4.98 Å². The van der Waals surface area contributed by atoms with Gasteiger partial charge < -0.3 is 14.7 Å². The van der Waals surface area contributed by atoms with Gasteiger partial charge in [0.1, 0.15) is 5.82 Å². The van der Waals surface area contributed by atoms with Gasteiger partial charge in [-0.05, 0) is 54.5 Å². The highest BCUT2D eigenvalue weighted by Crippen LogP contribution is 2.44. The van der Waals surface area contributed by atoms with E-state index >= 15 is 0 Å². The Morgan fingerprint density at radius 2 is 2.07 bits per heavy atom. The molecule has 2 aliphatic heterocycles. The molecule has 0 bridgehead atoms. The Morgan fingerprint density at radius 3 is 2.89 bits per heavy atom. The Bertz CT molecular complexity index is 989. The van der Waals surface area contributed by atoms with Crippen molar-refractivity contribution in [2.45, 2.75) is 38.4 Å². The van der Waals surface area contributed by atoms with Crippen molar-refractivity contribution in [2.24, 2.45) is 0 Å². The minimum atomic E-state index is -0.128. The zero-order valence-corrected chi connectivity index (χ0v) is 16.4. The number of aliphatic hydroxyl groups is 1. The van der Waals surface area contributed by atoms with Crippen molar-refractivity contribution in [3.8, 4) is 0 Å². The maximum Gasteiger partial charge on any atom is 0.134 e. The van der Waals surface area contributed by atoms with Gasteiger partial charge in [0.25, 0.3) is 0 Å². The number of fused-ring (bicyclic) bond motifs is 3. The fourth-order valence-corrected chi connectivity index (χ4v) is 5.50. The molecule has 2 aliphatic rings. The number of hydrogen-bond donors (Lipinski definition) is 1. The summed E-state index contributed by atoms with van der Waals surface area (Å²) in [7, 11) is 0. The molecule has 2 aromatic heterocycles. The third kappa shape index (κ3) is 2.85. The summed E-state index contributed by atoms with van der Waals surface area (Å²) >= 11 is 1.86. The van der Waals surface area contributed by atoms with E-state index < -0.39 is 0 Å². The molecule has 3 aromatic rings. The van der Waals surface area contributed by atoms with Crippen molar-refractivity contribution < 1.29 is 9.84 Å². The van der Waals surface area contributed by atoms with E-state index in [1.807, 2.05) is 11.3 Å². The average molecular weight is 381 g/mol. The second-order valence-electron chi connectivity index (χ2n) is 7.66. The Labute approximate surface area is 163 Å². The summed E-state index contributed by atoms with van der Waals surface area (Å²) < 4.78 is 6.33. The lowest BCUT2D eigenvalue weighted by molar-refractivity contribution is -0.0757. The quantitative estimate of drug-likeness (QED) is 0.725. The number of piperidine rings is 1. The molecular weight excluding hydrogens is 356 g/mol. The summed E-state index contributed by atoms with van der Waals surface area (Å²) in [5, 5.41) is 13.2. The minimum absolute atomic E-state index is 0.0129. The first kappa shape index (κ1) is 17.2. The van der Waals surface area contributed by atoms with Gasteiger partial charge in [-0.2, -0.15) is 0 Å². The molecule has 5 rings (SSSR count). The zero-order chi connectivity index (χ0) is 18.4. The molecule has 0 saturated carbocycles. The van der Waals surface area contributed by atoms with Gasteiger partial charge in [0.15, 0.2) is 0 Å². The van der Waals surface area contributed by atoms with Gasteiger partial charge in [0.2, 0.25) is 0 Å². The maximum absolute atomic E-state index is 9.92. The van der Waals surface area contributed by atoms with Crippen LogP contribution in [0.3, 0.4) is 0 Å². The van der Waals surface area contributed by atoms with Crippen molar-refractivity contribution in [3.63, 3.8) is 0 Å². The van der Waals surface area contributed by atoms with E-state index in [0.29, 0.717) is 0 Å². The van der Waals surface area contributed by atoms with Crippen molar-refractivity contribution in [3.05, 3.63) is 57.3 Å². The Balaban J connectivity index is 1.46. The van der Waals surface area contributed by atoms with Crippen LogP contribution in [-0.2, 0) is 23.4 Å². The van der Waals surface area contributed by atoms with Crippen molar-refractivity contribution in [1.29, 1.82) is 0 Å². The van der Waals surface area contributed by atoms with Crippen LogP contribution in [0.1, 0.15) is 34.4 Å². The largest absolute Gasteiger partial charge is 0.392 e. The number of rotatable bonds is 2. The van der Waals surface area contributed by atoms with Crippen LogP contribution in [0.4, 0.5) is 5.82 Å². The normalized spacial score (nSPS) is 18.8. The summed E-state index contributed by atoms with van der Waals surface area (Å²) in [5.74, 6) is 0.923. The molecule has 4 heterocycles. The fourth-order valence-electron chi connectivity index (χ4n) is 4.55. The van der Waals surface area contributed by atoms with Crippen LogP contribution < -0.4 is 4.90 Å². The Hall–Kier alpha value is -1.95. The molecule has 1 N–H and O–H groups in total. The van der Waals surface area contributed by atoms with E-state index in [-0.39, 0.29) is 12.2 Å². The van der Waals surface area contributed by atoms with E-state index in [2.05, 4.69) is 47.5 Å². The molecular formula is C22H24N2O2S. The van der Waals surface area contributed by atoms with Crippen LogP contribution >= 0.6 is 11.3 Å². The third-order valence-electron chi connectivity index (χ3n) is 6.01. The molecule has 27 heavy (non-hydrogen) atoms. The standard InChI is InChI=1S/C22H24N2O2S/c1-15-2-3-16-13-17(14-25)21(23-19(16)12-15)24-8-6-22(7-9-24)18-5-11-27-20(18)4-10-26-22/h2-3,5,11-13,25H,4,6-10,14H2,1H3. The highest BCUT2D eigenvalue weighted by atomic mass is 32.1. The average Bonchev–Trinajstić information content (AvgIpc) is 3.18. The summed E-state index contributed by atoms with van der Waals surface area (Å²) in [6, 6.07) is 10.6. The summed E-state index contributed by atoms with van der Waals surface area (Å²) in [4.78, 5) is 8.74. The molecule has 0 amide bonds. The molecule has 1 spiro atoms. The van der Waals surface area contributed by atoms with Gasteiger partial charge in [-0.3, -0.25) is 0 Å². The third-order valence-corrected chi connectivity index (χ3v) is 6.99. The van der Waals surface area contributed by atoms with Gasteiger partial charge in [-0.15, -0.1) is 11.3 Å². The lowest BCUT2D eigenvalue weighted by atomic mass is 9.82. The molecule has 1 saturated heterocycles. The van der Waals surface area contributed by atoms with Crippen molar-refractivity contribution in [2.75, 3.05) is 24.6 Å². The summed E-state index contributed by atoms with van der Waals surface area (Å²) in [6.45, 7) is 4.71. The highest BCUT2D eigenvalue weighted by Gasteiger charge is 2.41. The number of benzene rings is 1. The first-order valence-electron chi connectivity index (χ1n) is 9.65. The number of ether oxygens (including phenoxy) is 1. The second kappa shape index (κ2) is 6.59. The molecule has 1 aromatic carbocycles. The predicted octanol–water partition coefficient (Wildman–Crippen LogP) is 4.17. The second-order valence-corrected chi connectivity index (χ2v) is 8.66. The monoisotopic (exact) mass is 380 g/mol. The minimum Gasteiger partial charge on any atom is -0.392 e. The number of pyridine rings is 1. The lowest BCUT2D eigenvalue weighted by Gasteiger charge is -2.44. The van der Waals surface area contributed by atoms with Crippen LogP contribution in [0, 0.1) is 6.92 Å². The van der Waals surface area contributed by atoms with Gasteiger partial charge in [-0.25, -0.2) is 4.98 Å². The smallest absolute Gasteiger partial charge is 0.134 e. The molecule has 0 atom stereocenters. The highest BCUT2D eigenvalue weighted by molar-refractivity contribution is 7.10. The van der Waals surface area contributed by atoms with Gasteiger partial charge in [0.05, 0.1) is 24.3 Å². The SMILES string of the molecule is Cc1ccc2cc(CO)c(N3CCC4(CC3)OCCc3sccc34)nc2c1.